The predicted molar refractivity (Wildman–Crippen MR) is 123 cm³/mol. The van der Waals surface area contributed by atoms with Crippen LogP contribution < -0.4 is 22.1 Å². The van der Waals surface area contributed by atoms with E-state index < -0.39 is 34.8 Å². The van der Waals surface area contributed by atoms with Crippen molar-refractivity contribution in [2.75, 3.05) is 25.4 Å². The highest BCUT2D eigenvalue weighted by atomic mass is 32.2. The van der Waals surface area contributed by atoms with Gasteiger partial charge in [-0.05, 0) is 0 Å². The van der Waals surface area contributed by atoms with Gasteiger partial charge in [0.15, 0.2) is 18.3 Å². The topological polar surface area (TPSA) is 317 Å². The number of hydrogen-bond donors (Lipinski definition) is 6. The zero-order valence-corrected chi connectivity index (χ0v) is 19.6. The van der Waals surface area contributed by atoms with E-state index in [2.05, 4.69) is 35.3 Å². The Kier molecular flexibility index (Phi) is 15.5. The Labute approximate surface area is 209 Å². The fraction of sp³-hybridized carbons (Fsp3) is 0.429. The number of carboxylic acids is 2. The number of carbonyl (C=O) groups is 2. The molecule has 1 atom stereocenters. The van der Waals surface area contributed by atoms with Crippen LogP contribution in [-0.4, -0.2) is 80.8 Å². The zero-order chi connectivity index (χ0) is 27.5. The van der Waals surface area contributed by atoms with E-state index in [0.29, 0.717) is 23.2 Å². The maximum atomic E-state index is 10.4. The van der Waals surface area contributed by atoms with Gasteiger partial charge < -0.3 is 36.7 Å². The second kappa shape index (κ2) is 17.8. The molecule has 1 heterocycles. The van der Waals surface area contributed by atoms with Crippen molar-refractivity contribution in [1.82, 2.24) is 15.6 Å². The molecule has 0 radical (unpaired) electrons. The van der Waals surface area contributed by atoms with Gasteiger partial charge in [-0.15, -0.1) is 20.2 Å². The number of nitriles is 1. The van der Waals surface area contributed by atoms with Crippen LogP contribution in [0.2, 0.25) is 0 Å². The number of hydrogen-bond acceptors (Lipinski definition) is 14. The second-order valence-corrected chi connectivity index (χ2v) is 7.83. The Morgan fingerprint density at radius 2 is 1.97 bits per heavy atom. The highest BCUT2D eigenvalue weighted by Crippen LogP contribution is 2.24. The van der Waals surface area contributed by atoms with E-state index in [-0.39, 0.29) is 18.5 Å². The van der Waals surface area contributed by atoms with Crippen LogP contribution in [0.25, 0.3) is 0 Å². The number of aliphatic carboxylic acids is 2. The van der Waals surface area contributed by atoms with Gasteiger partial charge in [-0.25, -0.2) is 14.6 Å². The van der Waals surface area contributed by atoms with Crippen molar-refractivity contribution in [2.45, 2.75) is 11.9 Å². The second-order valence-electron chi connectivity index (χ2n) is 5.63. The molecule has 0 spiro atoms. The summed E-state index contributed by atoms with van der Waals surface area (Å²) in [5.41, 5.74) is 10.6. The number of guanidine groups is 2. The summed E-state index contributed by atoms with van der Waals surface area (Å²) in [5, 5.41) is 47.6. The number of thiazole rings is 1. The highest BCUT2D eigenvalue weighted by Gasteiger charge is 2.16. The summed E-state index contributed by atoms with van der Waals surface area (Å²) in [5.74, 6) is -2.40. The lowest BCUT2D eigenvalue weighted by atomic mass is 10.4. The SMILES string of the molecule is N#CNC(=NCC(CO[N+](=O)[O-])O[N+](=O)[O-])NCCSCc1cnc(N=C(N)N)s1.O=C(O)C(=O)O. The summed E-state index contributed by atoms with van der Waals surface area (Å²) < 4.78 is 0. The monoisotopic (exact) mass is 552 g/mol. The number of nitrogens with zero attached hydrogens (tertiary/aromatic N) is 6. The van der Waals surface area contributed by atoms with Crippen molar-refractivity contribution in [3.8, 4) is 6.19 Å². The molecule has 20 nitrogen and oxygen atoms in total. The average molecular weight is 553 g/mol. The van der Waals surface area contributed by atoms with Crippen molar-refractivity contribution < 1.29 is 39.7 Å². The fourth-order valence-corrected chi connectivity index (χ4v) is 3.46. The van der Waals surface area contributed by atoms with E-state index in [1.807, 2.05) is 0 Å². The van der Waals surface area contributed by atoms with Crippen LogP contribution in [0.5, 0.6) is 0 Å². The zero-order valence-electron chi connectivity index (χ0n) is 18.0. The summed E-state index contributed by atoms with van der Waals surface area (Å²) in [4.78, 5) is 60.0. The van der Waals surface area contributed by atoms with E-state index in [9.17, 15) is 20.2 Å². The van der Waals surface area contributed by atoms with E-state index in [4.69, 9.17) is 36.5 Å². The number of thioether (sulfide) groups is 1. The molecule has 0 aliphatic heterocycles. The largest absolute Gasteiger partial charge is 0.473 e. The lowest BCUT2D eigenvalue weighted by molar-refractivity contribution is -0.789. The highest BCUT2D eigenvalue weighted by molar-refractivity contribution is 7.98. The number of carboxylic acid groups (broad SMARTS) is 2. The van der Waals surface area contributed by atoms with Crippen molar-refractivity contribution in [2.24, 2.45) is 21.5 Å². The summed E-state index contributed by atoms with van der Waals surface area (Å²) >= 11 is 2.91. The standard InChI is InChI=1S/C12H18N10O6S2.C2H2O4/c13-7-19-11(17-3-8(28-22(25)26)5-27-21(23)24)16-1-2-29-6-9-4-18-12(30-9)20-10(14)15;3-1(4)2(5)6/h4,8H,1-3,5-6H2,(H2,16,17,19)(H4,14,15,18,20);(H,3,4)(H,5,6). The van der Waals surface area contributed by atoms with Crippen LogP contribution in [0.3, 0.4) is 0 Å². The van der Waals surface area contributed by atoms with Crippen LogP contribution in [0, 0.1) is 31.7 Å². The molecule has 0 aliphatic carbocycles. The molecule has 1 aromatic heterocycles. The normalized spacial score (nSPS) is 10.9. The van der Waals surface area contributed by atoms with Crippen LogP contribution in [-0.2, 0) is 25.0 Å². The minimum Gasteiger partial charge on any atom is -0.473 e. The first-order valence-corrected chi connectivity index (χ1v) is 11.0. The van der Waals surface area contributed by atoms with Crippen molar-refractivity contribution in [3.05, 3.63) is 31.3 Å². The lowest BCUT2D eigenvalue weighted by Gasteiger charge is -2.12. The Morgan fingerprint density at radius 1 is 1.31 bits per heavy atom. The first kappa shape index (κ1) is 31.4. The van der Waals surface area contributed by atoms with Gasteiger partial charge >= 0.3 is 11.9 Å². The molecule has 0 fully saturated rings. The number of rotatable bonds is 13. The van der Waals surface area contributed by atoms with Crippen LogP contribution >= 0.6 is 23.1 Å². The van der Waals surface area contributed by atoms with Gasteiger partial charge in [0.1, 0.15) is 6.61 Å². The van der Waals surface area contributed by atoms with E-state index >= 15 is 0 Å². The maximum absolute atomic E-state index is 10.4. The molecule has 36 heavy (non-hydrogen) atoms. The minimum absolute atomic E-state index is 0.0315. The number of nitrogens with one attached hydrogen (secondary N) is 2. The molecule has 0 aliphatic rings. The quantitative estimate of drug-likeness (QED) is 0.0230. The molecule has 22 heteroatoms. The smallest absolute Gasteiger partial charge is 0.414 e. The molecule has 0 aromatic carbocycles. The molecule has 1 aromatic rings. The van der Waals surface area contributed by atoms with Crippen molar-refractivity contribution in [3.63, 3.8) is 0 Å². The summed E-state index contributed by atoms with van der Waals surface area (Å²) in [6.45, 7) is -0.638. The fourth-order valence-electron chi connectivity index (χ4n) is 1.71. The number of aromatic nitrogens is 1. The molecule has 0 amide bonds. The van der Waals surface area contributed by atoms with E-state index in [1.165, 1.54) is 11.3 Å². The minimum atomic E-state index is -1.82. The first-order chi connectivity index (χ1) is 16.9. The Morgan fingerprint density at radius 3 is 2.50 bits per heavy atom. The summed E-state index contributed by atoms with van der Waals surface area (Å²) in [6.07, 6.45) is 2.01. The third kappa shape index (κ3) is 16.9. The van der Waals surface area contributed by atoms with Crippen molar-refractivity contribution in [1.29, 1.82) is 5.26 Å². The van der Waals surface area contributed by atoms with Crippen LogP contribution in [0.4, 0.5) is 5.13 Å². The van der Waals surface area contributed by atoms with Gasteiger partial charge in [0.05, 0.1) is 6.54 Å². The molecular weight excluding hydrogens is 532 g/mol. The molecule has 1 unspecified atom stereocenters. The van der Waals surface area contributed by atoms with Gasteiger partial charge in [0.25, 0.3) is 10.2 Å². The number of nitrogens with two attached hydrogens (primary N) is 2. The number of aliphatic imine (C=N–C) groups is 2. The van der Waals surface area contributed by atoms with E-state index in [1.54, 1.807) is 24.2 Å². The third-order valence-corrected chi connectivity index (χ3v) is 5.04. The molecule has 0 bridgehead atoms. The maximum Gasteiger partial charge on any atom is 0.414 e. The molecule has 0 saturated carbocycles. The van der Waals surface area contributed by atoms with Crippen LogP contribution in [0.1, 0.15) is 4.88 Å². The summed E-state index contributed by atoms with van der Waals surface area (Å²) in [7, 11) is 0. The van der Waals surface area contributed by atoms with Gasteiger partial charge in [-0.3, -0.25) is 10.3 Å². The molecule has 0 saturated heterocycles. The molecule has 198 valence electrons. The van der Waals surface area contributed by atoms with Crippen molar-refractivity contribution >= 4 is 52.1 Å². The van der Waals surface area contributed by atoms with Crippen LogP contribution in [0.15, 0.2) is 16.2 Å². The molecule has 1 rings (SSSR count). The summed E-state index contributed by atoms with van der Waals surface area (Å²) in [6, 6.07) is 0. The Balaban J connectivity index is 0.00000181. The third-order valence-electron chi connectivity index (χ3n) is 2.96. The Hall–Kier alpha value is -4.65. The predicted octanol–water partition coefficient (Wildman–Crippen LogP) is -1.76. The Bertz CT molecular complexity index is 979. The van der Waals surface area contributed by atoms with Gasteiger partial charge in [0, 0.05) is 29.1 Å². The van der Waals surface area contributed by atoms with Gasteiger partial charge in [-0.1, -0.05) is 11.3 Å². The lowest BCUT2D eigenvalue weighted by Crippen LogP contribution is -2.37. The molecule has 8 N–H and O–H groups in total. The van der Waals surface area contributed by atoms with Gasteiger partial charge in [0.2, 0.25) is 11.1 Å². The van der Waals surface area contributed by atoms with Gasteiger partial charge in [-0.2, -0.15) is 22.0 Å². The van der Waals surface area contributed by atoms with E-state index in [0.717, 1.165) is 4.88 Å². The average Bonchev–Trinajstić information content (AvgIpc) is 3.21. The molecular formula is C14H20N10O10S2. The first-order valence-electron chi connectivity index (χ1n) is 9.04.